The Bertz CT molecular complexity index is 859. The van der Waals surface area contributed by atoms with E-state index in [4.69, 9.17) is 9.15 Å². The molecule has 1 saturated heterocycles. The van der Waals surface area contributed by atoms with Gasteiger partial charge in [0.15, 0.2) is 6.61 Å². The number of piperidine rings is 1. The number of rotatable bonds is 4. The summed E-state index contributed by atoms with van der Waals surface area (Å²) in [6.07, 6.45) is 8.28. The van der Waals surface area contributed by atoms with E-state index in [1.165, 1.54) is 17.5 Å². The zero-order valence-electron chi connectivity index (χ0n) is 16.1. The van der Waals surface area contributed by atoms with Crippen LogP contribution in [0.2, 0.25) is 0 Å². The SMILES string of the molecule is CC1CCCC(C)N1C(=O)COC(=O)Cc1coc2cc3c(cc12)CCC3. The van der Waals surface area contributed by atoms with Crippen LogP contribution >= 0.6 is 0 Å². The van der Waals surface area contributed by atoms with Crippen molar-refractivity contribution in [2.24, 2.45) is 0 Å². The molecular formula is C22H27NO4. The Morgan fingerprint density at radius 3 is 2.56 bits per heavy atom. The molecule has 1 aromatic heterocycles. The molecule has 0 radical (unpaired) electrons. The van der Waals surface area contributed by atoms with Crippen LogP contribution in [0.5, 0.6) is 0 Å². The van der Waals surface area contributed by atoms with Crippen LogP contribution in [0.4, 0.5) is 0 Å². The van der Waals surface area contributed by atoms with E-state index in [9.17, 15) is 9.59 Å². The second-order valence-corrected chi connectivity index (χ2v) is 8.00. The van der Waals surface area contributed by atoms with E-state index in [1.807, 2.05) is 4.90 Å². The first-order chi connectivity index (χ1) is 13.0. The molecule has 2 unspecified atom stereocenters. The third-order valence-corrected chi connectivity index (χ3v) is 6.04. The normalized spacial score (nSPS) is 22.1. The van der Waals surface area contributed by atoms with Gasteiger partial charge in [-0.3, -0.25) is 9.59 Å². The zero-order valence-corrected chi connectivity index (χ0v) is 16.1. The average Bonchev–Trinajstić information content (AvgIpc) is 3.24. The molecule has 144 valence electrons. The van der Waals surface area contributed by atoms with Crippen molar-refractivity contribution in [1.29, 1.82) is 0 Å². The van der Waals surface area contributed by atoms with Gasteiger partial charge in [-0.15, -0.1) is 0 Å². The summed E-state index contributed by atoms with van der Waals surface area (Å²) in [7, 11) is 0. The lowest BCUT2D eigenvalue weighted by Gasteiger charge is -2.38. The highest BCUT2D eigenvalue weighted by Gasteiger charge is 2.29. The molecular weight excluding hydrogens is 342 g/mol. The summed E-state index contributed by atoms with van der Waals surface area (Å²) >= 11 is 0. The maximum absolute atomic E-state index is 12.5. The van der Waals surface area contributed by atoms with E-state index in [0.29, 0.717) is 0 Å². The van der Waals surface area contributed by atoms with Crippen molar-refractivity contribution in [2.45, 2.75) is 70.9 Å². The number of furan rings is 1. The van der Waals surface area contributed by atoms with Gasteiger partial charge in [0.05, 0.1) is 12.7 Å². The van der Waals surface area contributed by atoms with Gasteiger partial charge in [0.25, 0.3) is 5.91 Å². The van der Waals surface area contributed by atoms with Gasteiger partial charge in [-0.1, -0.05) is 0 Å². The molecule has 5 heteroatoms. The number of aryl methyl sites for hydroxylation is 2. The molecule has 27 heavy (non-hydrogen) atoms. The first-order valence-corrected chi connectivity index (χ1v) is 10.0. The van der Waals surface area contributed by atoms with E-state index in [1.54, 1.807) is 6.26 Å². The number of amides is 1. The Kier molecular flexibility index (Phi) is 4.94. The topological polar surface area (TPSA) is 59.8 Å². The smallest absolute Gasteiger partial charge is 0.310 e. The van der Waals surface area contributed by atoms with Gasteiger partial charge in [0.1, 0.15) is 5.58 Å². The maximum atomic E-state index is 12.5. The summed E-state index contributed by atoms with van der Waals surface area (Å²) in [5.74, 6) is -0.484. The van der Waals surface area contributed by atoms with Crippen LogP contribution in [0, 0.1) is 0 Å². The number of hydrogen-bond donors (Lipinski definition) is 0. The van der Waals surface area contributed by atoms with Crippen LogP contribution in [0.15, 0.2) is 22.8 Å². The highest BCUT2D eigenvalue weighted by Crippen LogP contribution is 2.30. The molecule has 4 rings (SSSR count). The Labute approximate surface area is 159 Å². The zero-order chi connectivity index (χ0) is 19.0. The van der Waals surface area contributed by atoms with Crippen LogP contribution in [-0.4, -0.2) is 35.5 Å². The van der Waals surface area contributed by atoms with Crippen molar-refractivity contribution in [3.63, 3.8) is 0 Å². The van der Waals surface area contributed by atoms with Gasteiger partial charge in [0, 0.05) is 23.0 Å². The van der Waals surface area contributed by atoms with Gasteiger partial charge < -0.3 is 14.1 Å². The molecule has 1 amide bonds. The fourth-order valence-electron chi connectivity index (χ4n) is 4.62. The van der Waals surface area contributed by atoms with Gasteiger partial charge in [-0.25, -0.2) is 0 Å². The van der Waals surface area contributed by atoms with Crippen LogP contribution in [0.25, 0.3) is 11.0 Å². The fourth-order valence-corrected chi connectivity index (χ4v) is 4.62. The van der Waals surface area contributed by atoms with Crippen molar-refractivity contribution in [3.8, 4) is 0 Å². The van der Waals surface area contributed by atoms with Crippen LogP contribution in [0.3, 0.4) is 0 Å². The first-order valence-electron chi connectivity index (χ1n) is 10.0. The van der Waals surface area contributed by atoms with E-state index < -0.39 is 0 Å². The number of likely N-dealkylation sites (tertiary alicyclic amines) is 1. The summed E-state index contributed by atoms with van der Waals surface area (Å²) < 4.78 is 10.9. The Morgan fingerprint density at radius 2 is 1.81 bits per heavy atom. The van der Waals surface area contributed by atoms with Crippen molar-refractivity contribution in [1.82, 2.24) is 4.90 Å². The van der Waals surface area contributed by atoms with Gasteiger partial charge in [0.2, 0.25) is 0 Å². The largest absolute Gasteiger partial charge is 0.464 e. The van der Waals surface area contributed by atoms with Crippen LogP contribution < -0.4 is 0 Å². The number of benzene rings is 1. The van der Waals surface area contributed by atoms with Gasteiger partial charge in [-0.05, 0) is 75.6 Å². The van der Waals surface area contributed by atoms with E-state index in [-0.39, 0.29) is 37.0 Å². The predicted molar refractivity (Wildman–Crippen MR) is 103 cm³/mol. The highest BCUT2D eigenvalue weighted by molar-refractivity contribution is 5.88. The van der Waals surface area contributed by atoms with Crippen molar-refractivity contribution >= 4 is 22.8 Å². The quantitative estimate of drug-likeness (QED) is 0.769. The van der Waals surface area contributed by atoms with Crippen LogP contribution in [-0.2, 0) is 33.6 Å². The van der Waals surface area contributed by atoms with E-state index in [0.717, 1.165) is 48.6 Å². The average molecular weight is 369 g/mol. The fraction of sp³-hybridized carbons (Fsp3) is 0.545. The summed E-state index contributed by atoms with van der Waals surface area (Å²) in [4.78, 5) is 26.7. The predicted octanol–water partition coefficient (Wildman–Crippen LogP) is 3.80. The summed E-state index contributed by atoms with van der Waals surface area (Å²) in [5, 5.41) is 0.984. The van der Waals surface area contributed by atoms with Gasteiger partial charge in [-0.2, -0.15) is 0 Å². The molecule has 2 aliphatic rings. The first kappa shape index (κ1) is 18.1. The number of fused-ring (bicyclic) bond motifs is 2. The Balaban J connectivity index is 1.38. The van der Waals surface area contributed by atoms with Crippen molar-refractivity contribution < 1.29 is 18.7 Å². The summed E-state index contributed by atoms with van der Waals surface area (Å²) in [6, 6.07) is 4.65. The second kappa shape index (κ2) is 7.37. The number of carbonyl (C=O) groups excluding carboxylic acids is 2. The number of hydrogen-bond acceptors (Lipinski definition) is 4. The molecule has 2 aromatic rings. The van der Waals surface area contributed by atoms with E-state index in [2.05, 4.69) is 26.0 Å². The minimum absolute atomic E-state index is 0.0991. The molecule has 1 fully saturated rings. The molecule has 0 bridgehead atoms. The third-order valence-electron chi connectivity index (χ3n) is 6.04. The Hall–Kier alpha value is -2.30. The molecule has 1 aliphatic heterocycles. The molecule has 5 nitrogen and oxygen atoms in total. The minimum atomic E-state index is -0.385. The second-order valence-electron chi connectivity index (χ2n) is 8.00. The Morgan fingerprint density at radius 1 is 1.11 bits per heavy atom. The highest BCUT2D eigenvalue weighted by atomic mass is 16.5. The lowest BCUT2D eigenvalue weighted by Crippen LogP contribution is -2.49. The molecule has 0 N–H and O–H groups in total. The monoisotopic (exact) mass is 369 g/mol. The summed E-state index contributed by atoms with van der Waals surface area (Å²) in [5.41, 5.74) is 4.35. The lowest BCUT2D eigenvalue weighted by atomic mass is 9.97. The lowest BCUT2D eigenvalue weighted by molar-refractivity contribution is -0.154. The number of esters is 1. The number of carbonyl (C=O) groups is 2. The minimum Gasteiger partial charge on any atom is -0.464 e. The molecule has 1 aromatic carbocycles. The van der Waals surface area contributed by atoms with Crippen molar-refractivity contribution in [2.75, 3.05) is 6.61 Å². The van der Waals surface area contributed by atoms with Crippen molar-refractivity contribution in [3.05, 3.63) is 35.1 Å². The standard InChI is InChI=1S/C22H27NO4/c1-14-5-3-6-15(2)23(14)21(24)13-27-22(25)11-18-12-26-20-10-17-8-4-7-16(17)9-19(18)20/h9-10,12,14-15H,3-8,11,13H2,1-2H3. The molecule has 0 saturated carbocycles. The third kappa shape index (κ3) is 3.60. The molecule has 2 atom stereocenters. The maximum Gasteiger partial charge on any atom is 0.310 e. The molecule has 0 spiro atoms. The number of ether oxygens (including phenoxy) is 1. The summed E-state index contributed by atoms with van der Waals surface area (Å²) in [6.45, 7) is 3.94. The number of nitrogens with zero attached hydrogens (tertiary/aromatic N) is 1. The van der Waals surface area contributed by atoms with E-state index >= 15 is 0 Å². The molecule has 2 heterocycles. The van der Waals surface area contributed by atoms with Crippen LogP contribution in [0.1, 0.15) is 56.2 Å². The molecule has 1 aliphatic carbocycles. The van der Waals surface area contributed by atoms with Gasteiger partial charge >= 0.3 is 5.97 Å².